The minimum Gasteiger partial charge on any atom is -0.396 e. The quantitative estimate of drug-likeness (QED) is 0.639. The highest BCUT2D eigenvalue weighted by molar-refractivity contribution is 5.92. The Balaban J connectivity index is 2.40. The van der Waals surface area contributed by atoms with E-state index in [0.29, 0.717) is 18.1 Å². The summed E-state index contributed by atoms with van der Waals surface area (Å²) < 4.78 is 0. The van der Waals surface area contributed by atoms with E-state index in [-0.39, 0.29) is 23.4 Å². The van der Waals surface area contributed by atoms with Gasteiger partial charge in [-0.25, -0.2) is 0 Å². The van der Waals surface area contributed by atoms with Gasteiger partial charge in [0.25, 0.3) is 0 Å². The summed E-state index contributed by atoms with van der Waals surface area (Å²) in [5.41, 5.74) is -0.107. The van der Waals surface area contributed by atoms with Crippen LogP contribution in [0.15, 0.2) is 0 Å². The van der Waals surface area contributed by atoms with Crippen molar-refractivity contribution in [3.8, 4) is 0 Å². The minimum atomic E-state index is -0.230. The first-order chi connectivity index (χ1) is 5.46. The van der Waals surface area contributed by atoms with Gasteiger partial charge < -0.3 is 5.11 Å². The third-order valence-electron chi connectivity index (χ3n) is 4.67. The average molecular weight is 168 g/mol. The first kappa shape index (κ1) is 8.24. The van der Waals surface area contributed by atoms with Crippen molar-refractivity contribution in [3.63, 3.8) is 0 Å². The number of rotatable bonds is 1. The average Bonchev–Trinajstić information content (AvgIpc) is 2.36. The molecule has 0 radical (unpaired) electrons. The Morgan fingerprint density at radius 1 is 1.50 bits per heavy atom. The Morgan fingerprint density at radius 3 is 2.25 bits per heavy atom. The van der Waals surface area contributed by atoms with Crippen LogP contribution in [0, 0.1) is 22.7 Å². The number of aliphatic hydroxyl groups is 1. The Morgan fingerprint density at radius 2 is 2.08 bits per heavy atom. The summed E-state index contributed by atoms with van der Waals surface area (Å²) in [5.74, 6) is 1.02. The number of Topliss-reactive ketones (excluding diaryl/α,β-unsaturated/α-hetero) is 1. The standard InChI is InChI=1S/C10H16O2/c1-9(2)6-4-8(12)10(9,3)7(6)5-11/h6-7,11H,4-5H2,1-3H3. The van der Waals surface area contributed by atoms with Crippen molar-refractivity contribution in [2.75, 3.05) is 6.61 Å². The molecule has 3 unspecified atom stereocenters. The molecule has 2 bridgehead atoms. The van der Waals surface area contributed by atoms with Crippen LogP contribution in [0.2, 0.25) is 0 Å². The van der Waals surface area contributed by atoms with E-state index in [2.05, 4.69) is 13.8 Å². The van der Waals surface area contributed by atoms with E-state index in [1.165, 1.54) is 0 Å². The Bertz CT molecular complexity index is 244. The lowest BCUT2D eigenvalue weighted by Crippen LogP contribution is -2.58. The second kappa shape index (κ2) is 1.92. The molecule has 3 saturated carbocycles. The molecule has 3 aliphatic rings. The Hall–Kier alpha value is -0.370. The number of ketones is 1. The van der Waals surface area contributed by atoms with Crippen molar-refractivity contribution in [2.45, 2.75) is 27.2 Å². The predicted molar refractivity (Wildman–Crippen MR) is 45.6 cm³/mol. The molecular weight excluding hydrogens is 152 g/mol. The first-order valence-electron chi connectivity index (χ1n) is 4.60. The van der Waals surface area contributed by atoms with E-state index in [4.69, 9.17) is 5.11 Å². The molecule has 0 aromatic rings. The van der Waals surface area contributed by atoms with E-state index < -0.39 is 0 Å². The zero-order valence-electron chi connectivity index (χ0n) is 7.92. The van der Waals surface area contributed by atoms with Crippen molar-refractivity contribution in [1.29, 1.82) is 0 Å². The molecule has 0 aliphatic heterocycles. The normalized spacial score (nSPS) is 49.2. The summed E-state index contributed by atoms with van der Waals surface area (Å²) in [4.78, 5) is 11.6. The SMILES string of the molecule is CC1(C)C2CC(=O)C1(C)C2CO. The fourth-order valence-electron chi connectivity index (χ4n) is 3.36. The molecule has 3 atom stereocenters. The number of fused-ring (bicyclic) bond motifs is 1. The fourth-order valence-corrected chi connectivity index (χ4v) is 3.36. The number of aliphatic hydroxyl groups excluding tert-OH is 1. The zero-order chi connectivity index (χ0) is 9.15. The highest BCUT2D eigenvalue weighted by atomic mass is 16.3. The molecule has 3 aliphatic carbocycles. The van der Waals surface area contributed by atoms with E-state index in [1.54, 1.807) is 0 Å². The van der Waals surface area contributed by atoms with Crippen molar-refractivity contribution < 1.29 is 9.90 Å². The molecule has 1 N–H and O–H groups in total. The van der Waals surface area contributed by atoms with E-state index in [0.717, 1.165) is 0 Å². The molecule has 12 heavy (non-hydrogen) atoms. The number of carbonyl (C=O) groups is 1. The van der Waals surface area contributed by atoms with Crippen LogP contribution < -0.4 is 0 Å². The molecule has 0 amide bonds. The maximum atomic E-state index is 11.6. The van der Waals surface area contributed by atoms with Crippen LogP contribution in [0.3, 0.4) is 0 Å². The first-order valence-corrected chi connectivity index (χ1v) is 4.60. The van der Waals surface area contributed by atoms with Crippen LogP contribution in [0.1, 0.15) is 27.2 Å². The lowest BCUT2D eigenvalue weighted by molar-refractivity contribution is -0.158. The predicted octanol–water partition coefficient (Wildman–Crippen LogP) is 1.23. The topological polar surface area (TPSA) is 37.3 Å². The minimum absolute atomic E-state index is 0.122. The molecule has 0 aromatic heterocycles. The second-order valence-corrected chi connectivity index (χ2v) is 4.95. The molecule has 3 fully saturated rings. The maximum Gasteiger partial charge on any atom is 0.139 e. The van der Waals surface area contributed by atoms with Gasteiger partial charge in [0, 0.05) is 18.4 Å². The van der Waals surface area contributed by atoms with Gasteiger partial charge in [-0.15, -0.1) is 0 Å². The summed E-state index contributed by atoms with van der Waals surface area (Å²) >= 11 is 0. The summed E-state index contributed by atoms with van der Waals surface area (Å²) in [5, 5.41) is 9.13. The summed E-state index contributed by atoms with van der Waals surface area (Å²) in [6, 6.07) is 0. The molecular formula is C10H16O2. The van der Waals surface area contributed by atoms with Gasteiger partial charge in [-0.2, -0.15) is 0 Å². The number of hydrogen-bond donors (Lipinski definition) is 1. The fraction of sp³-hybridized carbons (Fsp3) is 0.900. The van der Waals surface area contributed by atoms with Gasteiger partial charge in [0.05, 0.1) is 0 Å². The third kappa shape index (κ3) is 0.535. The Labute approximate surface area is 73.0 Å². The van der Waals surface area contributed by atoms with Gasteiger partial charge in [-0.3, -0.25) is 4.79 Å². The van der Waals surface area contributed by atoms with E-state index in [1.807, 2.05) is 6.92 Å². The maximum absolute atomic E-state index is 11.6. The van der Waals surface area contributed by atoms with Gasteiger partial charge in [0.2, 0.25) is 0 Å². The van der Waals surface area contributed by atoms with Crippen molar-refractivity contribution in [2.24, 2.45) is 22.7 Å². The highest BCUT2D eigenvalue weighted by Gasteiger charge is 2.72. The molecule has 3 rings (SSSR count). The van der Waals surface area contributed by atoms with Gasteiger partial charge in [-0.1, -0.05) is 20.8 Å². The number of hydrogen-bond acceptors (Lipinski definition) is 2. The van der Waals surface area contributed by atoms with Crippen molar-refractivity contribution in [3.05, 3.63) is 0 Å². The monoisotopic (exact) mass is 168 g/mol. The van der Waals surface area contributed by atoms with Crippen LogP contribution in [-0.4, -0.2) is 17.5 Å². The third-order valence-corrected chi connectivity index (χ3v) is 4.67. The summed E-state index contributed by atoms with van der Waals surface area (Å²) in [6.07, 6.45) is 0.689. The lowest BCUT2D eigenvalue weighted by Gasteiger charge is -2.57. The molecule has 0 aromatic carbocycles. The molecule has 0 spiro atoms. The van der Waals surface area contributed by atoms with E-state index >= 15 is 0 Å². The molecule has 0 heterocycles. The number of carbonyl (C=O) groups excluding carboxylic acids is 1. The summed E-state index contributed by atoms with van der Waals surface area (Å²) in [7, 11) is 0. The molecule has 2 heteroatoms. The largest absolute Gasteiger partial charge is 0.396 e. The van der Waals surface area contributed by atoms with Gasteiger partial charge >= 0.3 is 0 Å². The van der Waals surface area contributed by atoms with Crippen LogP contribution >= 0.6 is 0 Å². The second-order valence-electron chi connectivity index (χ2n) is 4.95. The Kier molecular flexibility index (Phi) is 1.32. The van der Waals surface area contributed by atoms with Crippen molar-refractivity contribution in [1.82, 2.24) is 0 Å². The molecule has 0 saturated heterocycles. The van der Waals surface area contributed by atoms with Crippen LogP contribution in [0.5, 0.6) is 0 Å². The molecule has 2 nitrogen and oxygen atoms in total. The highest BCUT2D eigenvalue weighted by Crippen LogP contribution is 2.71. The van der Waals surface area contributed by atoms with Crippen LogP contribution in [-0.2, 0) is 4.79 Å². The van der Waals surface area contributed by atoms with Crippen LogP contribution in [0.25, 0.3) is 0 Å². The smallest absolute Gasteiger partial charge is 0.139 e. The lowest BCUT2D eigenvalue weighted by atomic mass is 9.45. The van der Waals surface area contributed by atoms with E-state index in [9.17, 15) is 4.79 Å². The van der Waals surface area contributed by atoms with Gasteiger partial charge in [0.15, 0.2) is 0 Å². The van der Waals surface area contributed by atoms with Gasteiger partial charge in [0.1, 0.15) is 5.78 Å². The molecule has 68 valence electrons. The van der Waals surface area contributed by atoms with Crippen LogP contribution in [0.4, 0.5) is 0 Å². The zero-order valence-corrected chi connectivity index (χ0v) is 7.92. The van der Waals surface area contributed by atoms with Gasteiger partial charge in [-0.05, 0) is 17.3 Å². The summed E-state index contributed by atoms with van der Waals surface area (Å²) in [6.45, 7) is 6.49. The van der Waals surface area contributed by atoms with Crippen molar-refractivity contribution >= 4 is 5.78 Å².